The highest BCUT2D eigenvalue weighted by molar-refractivity contribution is 5.96. The van der Waals surface area contributed by atoms with Crippen LogP contribution >= 0.6 is 0 Å². The van der Waals surface area contributed by atoms with Crippen LogP contribution in [-0.2, 0) is 4.79 Å². The lowest BCUT2D eigenvalue weighted by molar-refractivity contribution is -0.163. The smallest absolute Gasteiger partial charge is 0.373 e. The summed E-state index contributed by atoms with van der Waals surface area (Å²) in [5, 5.41) is 4.32. The maximum absolute atomic E-state index is 12.6. The van der Waals surface area contributed by atoms with Gasteiger partial charge in [0.05, 0.1) is 11.9 Å². The molecule has 1 amide bonds. The van der Waals surface area contributed by atoms with Crippen LogP contribution in [0.4, 0.5) is 29.1 Å². The van der Waals surface area contributed by atoms with Gasteiger partial charge in [0.2, 0.25) is 0 Å². The Morgan fingerprint density at radius 1 is 1.41 bits per heavy atom. The number of nitrogens with one attached hydrogen (secondary N) is 2. The molecule has 0 aliphatic carbocycles. The number of rotatable bonds is 4. The zero-order valence-corrected chi connectivity index (χ0v) is 8.68. The Morgan fingerprint density at radius 2 is 2.06 bits per heavy atom. The zero-order chi connectivity index (χ0) is 13.1. The summed E-state index contributed by atoms with van der Waals surface area (Å²) in [5.74, 6) is -6.34. The number of hydrogen-bond acceptors (Lipinski definition) is 3. The first-order chi connectivity index (χ1) is 7.87. The summed E-state index contributed by atoms with van der Waals surface area (Å²) in [6.45, 7) is 0. The molecule has 4 nitrogen and oxygen atoms in total. The van der Waals surface area contributed by atoms with Gasteiger partial charge in [0.15, 0.2) is 0 Å². The third-order valence-corrected chi connectivity index (χ3v) is 1.85. The first-order valence-corrected chi connectivity index (χ1v) is 4.49. The van der Waals surface area contributed by atoms with Crippen LogP contribution < -0.4 is 10.6 Å². The van der Waals surface area contributed by atoms with Gasteiger partial charge in [-0.15, -0.1) is 0 Å². The highest BCUT2D eigenvalue weighted by Crippen LogP contribution is 2.24. The van der Waals surface area contributed by atoms with Gasteiger partial charge in [0.1, 0.15) is 5.82 Å². The fraction of sp³-hybridized carbons (Fsp3) is 0.333. The van der Waals surface area contributed by atoms with Crippen LogP contribution in [-0.4, -0.2) is 30.3 Å². The molecule has 1 heterocycles. The van der Waals surface area contributed by atoms with E-state index in [0.717, 1.165) is 6.20 Å². The SMILES string of the molecule is CNc1ccc(NC(=O)C(F)(F)C(F)F)cn1. The topological polar surface area (TPSA) is 54.0 Å². The molecule has 0 spiro atoms. The van der Waals surface area contributed by atoms with E-state index in [9.17, 15) is 22.4 Å². The van der Waals surface area contributed by atoms with Crippen molar-refractivity contribution in [2.75, 3.05) is 17.7 Å². The van der Waals surface area contributed by atoms with E-state index in [-0.39, 0.29) is 5.69 Å². The van der Waals surface area contributed by atoms with Crippen molar-refractivity contribution in [3.8, 4) is 0 Å². The number of carbonyl (C=O) groups is 1. The summed E-state index contributed by atoms with van der Waals surface area (Å²) in [7, 11) is 1.59. The summed E-state index contributed by atoms with van der Waals surface area (Å²) >= 11 is 0. The molecule has 0 aliphatic heterocycles. The number of pyridine rings is 1. The van der Waals surface area contributed by atoms with Crippen molar-refractivity contribution >= 4 is 17.4 Å². The number of anilines is 2. The van der Waals surface area contributed by atoms with Crippen LogP contribution in [0.3, 0.4) is 0 Å². The molecule has 0 bridgehead atoms. The second-order valence-corrected chi connectivity index (χ2v) is 3.06. The van der Waals surface area contributed by atoms with Crippen molar-refractivity contribution < 1.29 is 22.4 Å². The van der Waals surface area contributed by atoms with E-state index < -0.39 is 18.3 Å². The molecule has 0 saturated carbocycles. The highest BCUT2D eigenvalue weighted by Gasteiger charge is 2.48. The quantitative estimate of drug-likeness (QED) is 0.804. The minimum absolute atomic E-state index is 0.0886. The molecule has 0 radical (unpaired) electrons. The average Bonchev–Trinajstić information content (AvgIpc) is 2.29. The lowest BCUT2D eigenvalue weighted by atomic mass is 10.3. The molecule has 1 aromatic rings. The Balaban J connectivity index is 2.74. The van der Waals surface area contributed by atoms with Gasteiger partial charge in [-0.3, -0.25) is 4.79 Å². The van der Waals surface area contributed by atoms with Crippen molar-refractivity contribution in [2.24, 2.45) is 0 Å². The summed E-state index contributed by atoms with van der Waals surface area (Å²) in [6.07, 6.45) is -2.97. The molecule has 0 aromatic carbocycles. The molecule has 8 heteroatoms. The fourth-order valence-electron chi connectivity index (χ4n) is 0.929. The number of nitrogens with zero attached hydrogens (tertiary/aromatic N) is 1. The lowest BCUT2D eigenvalue weighted by Gasteiger charge is -2.14. The van der Waals surface area contributed by atoms with Gasteiger partial charge >= 0.3 is 18.3 Å². The van der Waals surface area contributed by atoms with Crippen LogP contribution in [0.1, 0.15) is 0 Å². The standard InChI is InChI=1S/C9H9F4N3O/c1-14-6-3-2-5(4-15-6)16-8(17)9(12,13)7(10)11/h2-4,7H,1H3,(H,14,15)(H,16,17). The predicted octanol–water partition coefficient (Wildman–Crippen LogP) is 1.96. The van der Waals surface area contributed by atoms with Crippen molar-refractivity contribution in [2.45, 2.75) is 12.3 Å². The number of amides is 1. The summed E-state index contributed by atoms with van der Waals surface area (Å²) in [5.41, 5.74) is -0.0886. The van der Waals surface area contributed by atoms with Gasteiger partial charge in [0.25, 0.3) is 0 Å². The van der Waals surface area contributed by atoms with E-state index >= 15 is 0 Å². The molecule has 0 atom stereocenters. The van der Waals surface area contributed by atoms with Gasteiger partial charge in [-0.1, -0.05) is 0 Å². The number of hydrogen-bond donors (Lipinski definition) is 2. The van der Waals surface area contributed by atoms with Crippen molar-refractivity contribution in [1.29, 1.82) is 0 Å². The van der Waals surface area contributed by atoms with E-state index in [4.69, 9.17) is 0 Å². The largest absolute Gasteiger partial charge is 0.383 e. The monoisotopic (exact) mass is 251 g/mol. The van der Waals surface area contributed by atoms with E-state index in [1.54, 1.807) is 12.4 Å². The third kappa shape index (κ3) is 3.05. The molecule has 2 N–H and O–H groups in total. The molecule has 0 fully saturated rings. The van der Waals surface area contributed by atoms with E-state index in [0.29, 0.717) is 5.82 Å². The van der Waals surface area contributed by atoms with Gasteiger partial charge in [-0.2, -0.15) is 8.78 Å². The van der Waals surface area contributed by atoms with Crippen LogP contribution in [0.25, 0.3) is 0 Å². The second kappa shape index (κ2) is 4.98. The van der Waals surface area contributed by atoms with Crippen molar-refractivity contribution in [3.63, 3.8) is 0 Å². The number of halogens is 4. The molecular formula is C9H9F4N3O. The summed E-state index contributed by atoms with van der Waals surface area (Å²) < 4.78 is 48.8. The molecule has 1 aromatic heterocycles. The third-order valence-electron chi connectivity index (χ3n) is 1.85. The maximum atomic E-state index is 12.6. The van der Waals surface area contributed by atoms with Crippen molar-refractivity contribution in [3.05, 3.63) is 18.3 Å². The van der Waals surface area contributed by atoms with Gasteiger partial charge in [0, 0.05) is 7.05 Å². The Labute approximate surface area is 94.0 Å². The molecule has 94 valence electrons. The fourth-order valence-corrected chi connectivity index (χ4v) is 0.929. The van der Waals surface area contributed by atoms with Crippen LogP contribution in [0, 0.1) is 0 Å². The lowest BCUT2D eigenvalue weighted by Crippen LogP contribution is -2.41. The molecular weight excluding hydrogens is 242 g/mol. The Bertz CT molecular complexity index is 394. The molecule has 0 saturated heterocycles. The van der Waals surface area contributed by atoms with Gasteiger partial charge in [-0.05, 0) is 12.1 Å². The normalized spacial score (nSPS) is 11.4. The Hall–Kier alpha value is -1.86. The predicted molar refractivity (Wildman–Crippen MR) is 53.4 cm³/mol. The first kappa shape index (κ1) is 13.2. The van der Waals surface area contributed by atoms with Gasteiger partial charge in [-0.25, -0.2) is 13.8 Å². The maximum Gasteiger partial charge on any atom is 0.383 e. The molecule has 17 heavy (non-hydrogen) atoms. The number of aromatic nitrogens is 1. The molecule has 0 unspecified atom stereocenters. The highest BCUT2D eigenvalue weighted by atomic mass is 19.3. The van der Waals surface area contributed by atoms with Crippen LogP contribution in [0.5, 0.6) is 0 Å². The minimum Gasteiger partial charge on any atom is -0.373 e. The average molecular weight is 251 g/mol. The van der Waals surface area contributed by atoms with E-state index in [1.807, 2.05) is 0 Å². The van der Waals surface area contributed by atoms with Crippen LogP contribution in [0.2, 0.25) is 0 Å². The van der Waals surface area contributed by atoms with Crippen molar-refractivity contribution in [1.82, 2.24) is 4.98 Å². The number of carbonyl (C=O) groups excluding carboxylic acids is 1. The molecule has 0 aliphatic rings. The zero-order valence-electron chi connectivity index (χ0n) is 8.68. The number of alkyl halides is 4. The first-order valence-electron chi connectivity index (χ1n) is 4.49. The minimum atomic E-state index is -4.72. The Kier molecular flexibility index (Phi) is 3.87. The van der Waals surface area contributed by atoms with E-state index in [1.165, 1.54) is 12.1 Å². The van der Waals surface area contributed by atoms with Crippen LogP contribution in [0.15, 0.2) is 18.3 Å². The van der Waals surface area contributed by atoms with E-state index in [2.05, 4.69) is 10.3 Å². The molecule has 1 rings (SSSR count). The van der Waals surface area contributed by atoms with Gasteiger partial charge < -0.3 is 10.6 Å². The Morgan fingerprint density at radius 3 is 2.47 bits per heavy atom. The summed E-state index contributed by atoms with van der Waals surface area (Å²) in [4.78, 5) is 14.6. The second-order valence-electron chi connectivity index (χ2n) is 3.06. The summed E-state index contributed by atoms with van der Waals surface area (Å²) in [6, 6.07) is 2.66.